The van der Waals surface area contributed by atoms with E-state index >= 15 is 0 Å². The number of pyridine rings is 2. The van der Waals surface area contributed by atoms with Gasteiger partial charge in [0.15, 0.2) is 0 Å². The highest BCUT2D eigenvalue weighted by Gasteiger charge is 2.22. The van der Waals surface area contributed by atoms with Crippen LogP contribution >= 0.6 is 0 Å². The van der Waals surface area contributed by atoms with E-state index in [-0.39, 0.29) is 18.0 Å². The molecule has 1 aromatic carbocycles. The molecule has 6 nitrogen and oxygen atoms in total. The number of nitrogens with zero attached hydrogens (tertiary/aromatic N) is 2. The van der Waals surface area contributed by atoms with Crippen LogP contribution in [0.4, 0.5) is 19.3 Å². The molecule has 0 bridgehead atoms. The van der Waals surface area contributed by atoms with Gasteiger partial charge in [-0.1, -0.05) is 12.1 Å². The first-order valence-corrected chi connectivity index (χ1v) is 9.30. The van der Waals surface area contributed by atoms with E-state index in [2.05, 4.69) is 20.6 Å². The number of anilines is 1. The lowest BCUT2D eigenvalue weighted by atomic mass is 10.1. The SMILES string of the molecule is Cc1nc(-c2cccc(F)c2)ccc1OC(C)(C)CNC(=O)Nc1cncc(F)c1. The first-order chi connectivity index (χ1) is 14.2. The normalized spacial score (nSPS) is 11.1. The molecule has 0 spiro atoms. The third-order valence-corrected chi connectivity index (χ3v) is 4.18. The van der Waals surface area contributed by atoms with Gasteiger partial charge < -0.3 is 15.4 Å². The summed E-state index contributed by atoms with van der Waals surface area (Å²) < 4.78 is 32.6. The van der Waals surface area contributed by atoms with E-state index in [4.69, 9.17) is 4.74 Å². The minimum Gasteiger partial charge on any atom is -0.484 e. The van der Waals surface area contributed by atoms with Gasteiger partial charge in [-0.3, -0.25) is 4.98 Å². The molecule has 2 amide bonds. The average molecular weight is 412 g/mol. The second-order valence-electron chi connectivity index (χ2n) is 7.35. The molecule has 3 aromatic rings. The van der Waals surface area contributed by atoms with E-state index < -0.39 is 17.4 Å². The van der Waals surface area contributed by atoms with Gasteiger partial charge in [-0.2, -0.15) is 0 Å². The molecule has 0 atom stereocenters. The number of aromatic nitrogens is 2. The molecule has 2 N–H and O–H groups in total. The number of amides is 2. The predicted octanol–water partition coefficient (Wildman–Crippen LogP) is 4.71. The highest BCUT2D eigenvalue weighted by Crippen LogP contribution is 2.26. The Morgan fingerprint density at radius 3 is 2.60 bits per heavy atom. The van der Waals surface area contributed by atoms with Crippen LogP contribution in [0.1, 0.15) is 19.5 Å². The molecule has 2 heterocycles. The van der Waals surface area contributed by atoms with E-state index in [9.17, 15) is 13.6 Å². The van der Waals surface area contributed by atoms with Crippen molar-refractivity contribution in [2.75, 3.05) is 11.9 Å². The molecular formula is C22H22F2N4O2. The van der Waals surface area contributed by atoms with Gasteiger partial charge in [0, 0.05) is 11.6 Å². The molecule has 2 aromatic heterocycles. The van der Waals surface area contributed by atoms with Crippen LogP contribution in [0.25, 0.3) is 11.3 Å². The van der Waals surface area contributed by atoms with Crippen molar-refractivity contribution in [1.29, 1.82) is 0 Å². The van der Waals surface area contributed by atoms with Crippen LogP contribution < -0.4 is 15.4 Å². The van der Waals surface area contributed by atoms with Crippen LogP contribution in [0.15, 0.2) is 54.9 Å². The molecule has 0 aliphatic heterocycles. The second-order valence-corrected chi connectivity index (χ2v) is 7.35. The molecule has 0 aliphatic rings. The number of urea groups is 1. The fourth-order valence-electron chi connectivity index (χ4n) is 2.75. The van der Waals surface area contributed by atoms with Crippen molar-refractivity contribution in [3.05, 3.63) is 72.2 Å². The lowest BCUT2D eigenvalue weighted by molar-refractivity contribution is 0.109. The Kier molecular flexibility index (Phi) is 6.25. The van der Waals surface area contributed by atoms with E-state index in [0.717, 1.165) is 6.20 Å². The van der Waals surface area contributed by atoms with Crippen LogP contribution in [-0.2, 0) is 0 Å². The van der Waals surface area contributed by atoms with Gasteiger partial charge in [0.2, 0.25) is 0 Å². The first kappa shape index (κ1) is 21.2. The van der Waals surface area contributed by atoms with Crippen molar-refractivity contribution < 1.29 is 18.3 Å². The predicted molar refractivity (Wildman–Crippen MR) is 110 cm³/mol. The summed E-state index contributed by atoms with van der Waals surface area (Å²) in [4.78, 5) is 20.2. The van der Waals surface area contributed by atoms with E-state index in [1.807, 2.05) is 13.8 Å². The fraction of sp³-hybridized carbons (Fsp3) is 0.227. The Morgan fingerprint density at radius 1 is 1.10 bits per heavy atom. The molecule has 30 heavy (non-hydrogen) atoms. The van der Waals surface area contributed by atoms with Gasteiger partial charge in [-0.15, -0.1) is 0 Å². The van der Waals surface area contributed by atoms with Crippen molar-refractivity contribution in [1.82, 2.24) is 15.3 Å². The highest BCUT2D eigenvalue weighted by molar-refractivity contribution is 5.89. The monoisotopic (exact) mass is 412 g/mol. The number of nitrogens with one attached hydrogen (secondary N) is 2. The third kappa shape index (κ3) is 5.73. The van der Waals surface area contributed by atoms with Crippen LogP contribution in [0, 0.1) is 18.6 Å². The van der Waals surface area contributed by atoms with Crippen LogP contribution in [-0.4, -0.2) is 28.1 Å². The molecule has 0 saturated heterocycles. The zero-order chi connectivity index (χ0) is 21.7. The molecule has 8 heteroatoms. The maximum atomic E-state index is 13.4. The fourth-order valence-corrected chi connectivity index (χ4v) is 2.75. The number of ether oxygens (including phenoxy) is 1. The molecule has 0 radical (unpaired) electrons. The third-order valence-electron chi connectivity index (χ3n) is 4.18. The zero-order valence-electron chi connectivity index (χ0n) is 16.9. The van der Waals surface area contributed by atoms with Crippen LogP contribution in [0.5, 0.6) is 5.75 Å². The Balaban J connectivity index is 1.61. The Labute approximate surface area is 173 Å². The van der Waals surface area contributed by atoms with Crippen molar-refractivity contribution in [2.45, 2.75) is 26.4 Å². The summed E-state index contributed by atoms with van der Waals surface area (Å²) in [5, 5.41) is 5.20. The quantitative estimate of drug-likeness (QED) is 0.615. The van der Waals surface area contributed by atoms with Gasteiger partial charge in [-0.25, -0.2) is 18.6 Å². The van der Waals surface area contributed by atoms with Gasteiger partial charge in [0.25, 0.3) is 0 Å². The molecule has 0 aliphatic carbocycles. The summed E-state index contributed by atoms with van der Waals surface area (Å²) in [5.41, 5.74) is 1.46. The van der Waals surface area contributed by atoms with Crippen molar-refractivity contribution in [2.24, 2.45) is 0 Å². The summed E-state index contributed by atoms with van der Waals surface area (Å²) in [5.74, 6) is -0.315. The molecule has 0 unspecified atom stereocenters. The average Bonchev–Trinajstić information content (AvgIpc) is 2.68. The minimum atomic E-state index is -0.746. The Hall–Kier alpha value is -3.55. The Bertz CT molecular complexity index is 1060. The number of aryl methyl sites for hydroxylation is 1. The standard InChI is InChI=1S/C22H22F2N4O2/c1-14-20(8-7-19(27-14)15-5-4-6-16(23)9-15)30-22(2,3)13-26-21(29)28-18-10-17(24)11-25-12-18/h4-12H,13H2,1-3H3,(H2,26,28,29). The second kappa shape index (κ2) is 8.86. The largest absolute Gasteiger partial charge is 0.484 e. The smallest absolute Gasteiger partial charge is 0.319 e. The number of carbonyl (C=O) groups excluding carboxylic acids is 1. The van der Waals surface area contributed by atoms with Gasteiger partial charge in [-0.05, 0) is 45.0 Å². The summed E-state index contributed by atoms with van der Waals surface area (Å²) in [7, 11) is 0. The van der Waals surface area contributed by atoms with Gasteiger partial charge >= 0.3 is 6.03 Å². The zero-order valence-corrected chi connectivity index (χ0v) is 16.9. The molecule has 0 fully saturated rings. The van der Waals surface area contributed by atoms with E-state index in [0.29, 0.717) is 22.7 Å². The van der Waals surface area contributed by atoms with Crippen molar-refractivity contribution in [3.63, 3.8) is 0 Å². The number of benzene rings is 1. The highest BCUT2D eigenvalue weighted by atomic mass is 19.1. The number of halogens is 2. The summed E-state index contributed by atoms with van der Waals surface area (Å²) in [6.45, 7) is 5.62. The number of rotatable bonds is 6. The van der Waals surface area contributed by atoms with Crippen LogP contribution in [0.2, 0.25) is 0 Å². The summed E-state index contributed by atoms with van der Waals surface area (Å²) in [6.07, 6.45) is 2.40. The summed E-state index contributed by atoms with van der Waals surface area (Å²) >= 11 is 0. The van der Waals surface area contributed by atoms with Gasteiger partial charge in [0.1, 0.15) is 23.0 Å². The maximum absolute atomic E-state index is 13.4. The minimum absolute atomic E-state index is 0.187. The molecular weight excluding hydrogens is 390 g/mol. The Morgan fingerprint density at radius 2 is 1.90 bits per heavy atom. The lowest BCUT2D eigenvalue weighted by Crippen LogP contribution is -2.44. The van der Waals surface area contributed by atoms with Crippen molar-refractivity contribution >= 4 is 11.7 Å². The topological polar surface area (TPSA) is 76.1 Å². The number of hydrogen-bond donors (Lipinski definition) is 2. The molecule has 3 rings (SSSR count). The molecule has 0 saturated carbocycles. The number of hydrogen-bond acceptors (Lipinski definition) is 4. The number of carbonyl (C=O) groups is 1. The first-order valence-electron chi connectivity index (χ1n) is 9.30. The van der Waals surface area contributed by atoms with E-state index in [1.165, 1.54) is 24.4 Å². The molecule has 156 valence electrons. The van der Waals surface area contributed by atoms with Gasteiger partial charge in [0.05, 0.1) is 36.0 Å². The lowest BCUT2D eigenvalue weighted by Gasteiger charge is -2.27. The van der Waals surface area contributed by atoms with Crippen molar-refractivity contribution in [3.8, 4) is 17.0 Å². The summed E-state index contributed by atoms with van der Waals surface area (Å²) in [6, 6.07) is 10.4. The van der Waals surface area contributed by atoms with E-state index in [1.54, 1.807) is 31.2 Å². The maximum Gasteiger partial charge on any atom is 0.319 e. The van der Waals surface area contributed by atoms with Crippen LogP contribution in [0.3, 0.4) is 0 Å².